The third-order valence-electron chi connectivity index (χ3n) is 2.87. The second kappa shape index (κ2) is 9.15. The molecule has 6 nitrogen and oxygen atoms in total. The van der Waals surface area contributed by atoms with Gasteiger partial charge in [0, 0.05) is 6.42 Å². The van der Waals surface area contributed by atoms with Crippen molar-refractivity contribution >= 4 is 12.1 Å². The summed E-state index contributed by atoms with van der Waals surface area (Å²) in [6.07, 6.45) is -0.232. The topological polar surface area (TPSA) is 84.9 Å². The number of carbonyl (C=O) groups excluding carboxylic acids is 2. The molecule has 1 atom stereocenters. The first-order valence-corrected chi connectivity index (χ1v) is 7.60. The van der Waals surface area contributed by atoms with Crippen LogP contribution in [0.5, 0.6) is 0 Å². The first-order chi connectivity index (χ1) is 10.8. The van der Waals surface area contributed by atoms with E-state index in [2.05, 4.69) is 5.32 Å². The van der Waals surface area contributed by atoms with Crippen LogP contribution in [0, 0.1) is 0 Å². The molecule has 0 spiro atoms. The van der Waals surface area contributed by atoms with Gasteiger partial charge in [-0.25, -0.2) is 4.79 Å². The number of alkyl carbamates (subject to hydrolysis) is 1. The van der Waals surface area contributed by atoms with E-state index < -0.39 is 17.7 Å². The van der Waals surface area contributed by atoms with Crippen molar-refractivity contribution in [2.24, 2.45) is 0 Å². The number of benzene rings is 1. The predicted molar refractivity (Wildman–Crippen MR) is 85.7 cm³/mol. The van der Waals surface area contributed by atoms with Crippen molar-refractivity contribution in [2.45, 2.75) is 51.9 Å². The Morgan fingerprint density at radius 1 is 1.22 bits per heavy atom. The number of aliphatic hydroxyl groups is 1. The Labute approximate surface area is 136 Å². The highest BCUT2D eigenvalue weighted by atomic mass is 16.6. The second-order valence-corrected chi connectivity index (χ2v) is 6.21. The molecule has 128 valence electrons. The molecule has 23 heavy (non-hydrogen) atoms. The van der Waals surface area contributed by atoms with E-state index in [9.17, 15) is 14.7 Å². The molecular weight excluding hydrogens is 298 g/mol. The number of hydrogen-bond donors (Lipinski definition) is 2. The lowest BCUT2D eigenvalue weighted by atomic mass is 10.1. The van der Waals surface area contributed by atoms with Crippen LogP contribution in [0.2, 0.25) is 0 Å². The zero-order valence-electron chi connectivity index (χ0n) is 13.9. The van der Waals surface area contributed by atoms with E-state index in [0.29, 0.717) is 0 Å². The van der Waals surface area contributed by atoms with Gasteiger partial charge in [-0.15, -0.1) is 0 Å². The number of rotatable bonds is 7. The summed E-state index contributed by atoms with van der Waals surface area (Å²) in [7, 11) is 0. The maximum absolute atomic E-state index is 11.7. The third kappa shape index (κ3) is 8.83. The summed E-state index contributed by atoms with van der Waals surface area (Å²) in [6.45, 7) is 5.23. The van der Waals surface area contributed by atoms with Crippen molar-refractivity contribution in [3.63, 3.8) is 0 Å². The van der Waals surface area contributed by atoms with Gasteiger partial charge in [0.2, 0.25) is 0 Å². The van der Waals surface area contributed by atoms with E-state index in [4.69, 9.17) is 9.47 Å². The summed E-state index contributed by atoms with van der Waals surface area (Å²) in [5, 5.41) is 11.8. The predicted octanol–water partition coefficient (Wildman–Crippen LogP) is 2.40. The minimum Gasteiger partial charge on any atom is -0.460 e. The molecule has 0 heterocycles. The lowest BCUT2D eigenvalue weighted by Gasteiger charge is -2.21. The molecule has 0 aromatic heterocycles. The third-order valence-corrected chi connectivity index (χ3v) is 2.87. The average Bonchev–Trinajstić information content (AvgIpc) is 2.48. The molecule has 0 fully saturated rings. The summed E-state index contributed by atoms with van der Waals surface area (Å²) < 4.78 is 10.2. The zero-order chi connectivity index (χ0) is 17.3. The van der Waals surface area contributed by atoms with E-state index in [1.54, 1.807) is 20.8 Å². The lowest BCUT2D eigenvalue weighted by Crippen LogP contribution is -2.38. The molecule has 1 aromatic rings. The Bertz CT molecular complexity index is 495. The Morgan fingerprint density at radius 3 is 2.43 bits per heavy atom. The van der Waals surface area contributed by atoms with E-state index in [1.807, 2.05) is 30.3 Å². The van der Waals surface area contributed by atoms with Crippen LogP contribution < -0.4 is 5.32 Å². The van der Waals surface area contributed by atoms with Crippen molar-refractivity contribution in [1.29, 1.82) is 0 Å². The minimum absolute atomic E-state index is 0.113. The van der Waals surface area contributed by atoms with Crippen LogP contribution in [-0.4, -0.2) is 35.4 Å². The molecule has 0 aliphatic carbocycles. The number of nitrogens with one attached hydrogen (secondary N) is 1. The van der Waals surface area contributed by atoms with Gasteiger partial charge in [0.25, 0.3) is 0 Å². The Hall–Kier alpha value is -2.08. The Balaban J connectivity index is 2.32. The molecule has 0 aliphatic rings. The normalized spacial score (nSPS) is 12.3. The zero-order valence-corrected chi connectivity index (χ0v) is 13.9. The maximum atomic E-state index is 11.7. The molecule has 0 saturated heterocycles. The number of esters is 1. The van der Waals surface area contributed by atoms with Crippen LogP contribution in [0.1, 0.15) is 39.2 Å². The van der Waals surface area contributed by atoms with Gasteiger partial charge >= 0.3 is 12.1 Å². The first kappa shape index (κ1) is 19.0. The summed E-state index contributed by atoms with van der Waals surface area (Å²) in [4.78, 5) is 23.3. The molecule has 6 heteroatoms. The van der Waals surface area contributed by atoms with Gasteiger partial charge < -0.3 is 19.9 Å². The van der Waals surface area contributed by atoms with Crippen LogP contribution in [0.3, 0.4) is 0 Å². The monoisotopic (exact) mass is 323 g/mol. The highest BCUT2D eigenvalue weighted by Gasteiger charge is 2.19. The highest BCUT2D eigenvalue weighted by molar-refractivity contribution is 5.70. The van der Waals surface area contributed by atoms with Gasteiger partial charge in [-0.2, -0.15) is 0 Å². The standard InChI is InChI=1S/C17H25NO5/c1-17(2,3)23-15(20)10-9-14(11-19)18-16(21)22-12-13-7-5-4-6-8-13/h4-8,14,19H,9-12H2,1-3H3,(H,18,21)/t14-/m1/s1. The number of carbonyl (C=O) groups is 2. The lowest BCUT2D eigenvalue weighted by molar-refractivity contribution is -0.155. The molecule has 0 saturated carbocycles. The molecule has 2 N–H and O–H groups in total. The van der Waals surface area contributed by atoms with Crippen molar-refractivity contribution in [1.82, 2.24) is 5.32 Å². The molecule has 1 amide bonds. The molecule has 0 aliphatic heterocycles. The van der Waals surface area contributed by atoms with Crippen LogP contribution in [-0.2, 0) is 20.9 Å². The van der Waals surface area contributed by atoms with Crippen molar-refractivity contribution in [3.8, 4) is 0 Å². The summed E-state index contributed by atoms with van der Waals surface area (Å²) in [5.41, 5.74) is 0.324. The van der Waals surface area contributed by atoms with Crippen LogP contribution in [0.15, 0.2) is 30.3 Å². The fraction of sp³-hybridized carbons (Fsp3) is 0.529. The molecular formula is C17H25NO5. The fourth-order valence-electron chi connectivity index (χ4n) is 1.83. The Morgan fingerprint density at radius 2 is 1.87 bits per heavy atom. The molecule has 1 rings (SSSR count). The van der Waals surface area contributed by atoms with Crippen LogP contribution in [0.4, 0.5) is 4.79 Å². The largest absolute Gasteiger partial charge is 0.460 e. The highest BCUT2D eigenvalue weighted by Crippen LogP contribution is 2.10. The number of aliphatic hydroxyl groups excluding tert-OH is 1. The van der Waals surface area contributed by atoms with Gasteiger partial charge in [0.15, 0.2) is 0 Å². The average molecular weight is 323 g/mol. The number of amides is 1. The van der Waals surface area contributed by atoms with Crippen molar-refractivity contribution in [3.05, 3.63) is 35.9 Å². The van der Waals surface area contributed by atoms with Gasteiger partial charge in [0.05, 0.1) is 12.6 Å². The summed E-state index contributed by atoms with van der Waals surface area (Å²) in [6, 6.07) is 8.73. The van der Waals surface area contributed by atoms with Crippen LogP contribution >= 0.6 is 0 Å². The first-order valence-electron chi connectivity index (χ1n) is 7.60. The maximum Gasteiger partial charge on any atom is 0.407 e. The number of hydrogen-bond acceptors (Lipinski definition) is 5. The van der Waals surface area contributed by atoms with Gasteiger partial charge in [-0.1, -0.05) is 30.3 Å². The minimum atomic E-state index is -0.628. The number of ether oxygens (including phenoxy) is 2. The van der Waals surface area contributed by atoms with E-state index >= 15 is 0 Å². The summed E-state index contributed by atoms with van der Waals surface area (Å²) >= 11 is 0. The smallest absolute Gasteiger partial charge is 0.407 e. The Kier molecular flexibility index (Phi) is 7.54. The van der Waals surface area contributed by atoms with E-state index in [0.717, 1.165) is 5.56 Å². The summed E-state index contributed by atoms with van der Waals surface area (Å²) in [5.74, 6) is -0.365. The second-order valence-electron chi connectivity index (χ2n) is 6.21. The molecule has 0 bridgehead atoms. The van der Waals surface area contributed by atoms with E-state index in [-0.39, 0.29) is 32.0 Å². The van der Waals surface area contributed by atoms with Crippen LogP contribution in [0.25, 0.3) is 0 Å². The van der Waals surface area contributed by atoms with Gasteiger partial charge in [0.1, 0.15) is 12.2 Å². The SMILES string of the molecule is CC(C)(C)OC(=O)CC[C@H](CO)NC(=O)OCc1ccccc1. The molecule has 0 unspecified atom stereocenters. The van der Waals surface area contributed by atoms with Gasteiger partial charge in [-0.3, -0.25) is 4.79 Å². The van der Waals surface area contributed by atoms with E-state index in [1.165, 1.54) is 0 Å². The molecule has 1 aromatic carbocycles. The van der Waals surface area contributed by atoms with Crippen molar-refractivity contribution < 1.29 is 24.2 Å². The van der Waals surface area contributed by atoms with Gasteiger partial charge in [-0.05, 0) is 32.8 Å². The quantitative estimate of drug-likeness (QED) is 0.753. The fourth-order valence-corrected chi connectivity index (χ4v) is 1.83. The molecule has 0 radical (unpaired) electrons. The van der Waals surface area contributed by atoms with Crippen molar-refractivity contribution in [2.75, 3.05) is 6.61 Å².